The molecule has 1 atom stereocenters. The summed E-state index contributed by atoms with van der Waals surface area (Å²) in [6.45, 7) is 5.65. The fraction of sp³-hybridized carbons (Fsp3) is 0.214. The molecular formula is C28H26ClNO6. The lowest BCUT2D eigenvalue weighted by atomic mass is 9.94. The average Bonchev–Trinajstić information content (AvgIpc) is 3.10. The number of phenols is 1. The molecule has 1 saturated heterocycles. The van der Waals surface area contributed by atoms with Crippen LogP contribution in [0.1, 0.15) is 36.6 Å². The Morgan fingerprint density at radius 2 is 1.75 bits per heavy atom. The zero-order valence-electron chi connectivity index (χ0n) is 20.3. The fourth-order valence-corrected chi connectivity index (χ4v) is 4.44. The Morgan fingerprint density at radius 3 is 2.36 bits per heavy atom. The van der Waals surface area contributed by atoms with Crippen LogP contribution in [-0.4, -0.2) is 35.1 Å². The van der Waals surface area contributed by atoms with Crippen molar-refractivity contribution in [3.63, 3.8) is 0 Å². The highest BCUT2D eigenvalue weighted by atomic mass is 35.5. The number of Topliss-reactive ketones (excluding diaryl/α,β-unsaturated/α-hetero) is 1. The predicted molar refractivity (Wildman–Crippen MR) is 138 cm³/mol. The van der Waals surface area contributed by atoms with Crippen molar-refractivity contribution in [3.05, 3.63) is 87.9 Å². The van der Waals surface area contributed by atoms with Gasteiger partial charge in [0, 0.05) is 16.3 Å². The van der Waals surface area contributed by atoms with Crippen molar-refractivity contribution >= 4 is 34.7 Å². The molecule has 36 heavy (non-hydrogen) atoms. The van der Waals surface area contributed by atoms with Crippen molar-refractivity contribution in [2.24, 2.45) is 0 Å². The number of methoxy groups -OCH3 is 1. The van der Waals surface area contributed by atoms with Crippen LogP contribution in [-0.2, 0) is 9.59 Å². The molecule has 1 unspecified atom stereocenters. The van der Waals surface area contributed by atoms with Crippen LogP contribution in [0.15, 0.2) is 66.2 Å². The number of aliphatic hydroxyl groups is 1. The van der Waals surface area contributed by atoms with Crippen molar-refractivity contribution < 1.29 is 29.3 Å². The highest BCUT2D eigenvalue weighted by Gasteiger charge is 2.47. The van der Waals surface area contributed by atoms with Gasteiger partial charge >= 0.3 is 0 Å². The number of carbonyl (C=O) groups is 2. The Hall–Kier alpha value is -3.97. The van der Waals surface area contributed by atoms with Gasteiger partial charge in [-0.25, -0.2) is 0 Å². The van der Waals surface area contributed by atoms with Crippen LogP contribution in [0, 0.1) is 6.92 Å². The number of hydrogen-bond donors (Lipinski definition) is 2. The maximum absolute atomic E-state index is 13.3. The van der Waals surface area contributed by atoms with E-state index in [0.717, 1.165) is 5.56 Å². The number of aliphatic hydroxyl groups excluding tert-OH is 1. The van der Waals surface area contributed by atoms with Crippen LogP contribution >= 0.6 is 11.6 Å². The van der Waals surface area contributed by atoms with Gasteiger partial charge in [-0.1, -0.05) is 23.7 Å². The monoisotopic (exact) mass is 507 g/mol. The molecule has 0 aromatic heterocycles. The largest absolute Gasteiger partial charge is 0.507 e. The molecule has 4 rings (SSSR count). The van der Waals surface area contributed by atoms with Crippen molar-refractivity contribution in [1.29, 1.82) is 0 Å². The zero-order valence-corrected chi connectivity index (χ0v) is 21.0. The summed E-state index contributed by atoms with van der Waals surface area (Å²) in [6, 6.07) is 15.1. The highest BCUT2D eigenvalue weighted by molar-refractivity contribution is 6.51. The first-order valence-electron chi connectivity index (χ1n) is 11.3. The molecule has 3 aromatic rings. The van der Waals surface area contributed by atoms with Gasteiger partial charge in [0.15, 0.2) is 11.5 Å². The van der Waals surface area contributed by atoms with E-state index in [2.05, 4.69) is 0 Å². The Labute approximate surface area is 214 Å². The van der Waals surface area contributed by atoms with Crippen molar-refractivity contribution in [3.8, 4) is 17.2 Å². The molecular weight excluding hydrogens is 482 g/mol. The van der Waals surface area contributed by atoms with Crippen molar-refractivity contribution in [1.82, 2.24) is 0 Å². The normalized spacial score (nSPS) is 17.1. The first-order valence-corrected chi connectivity index (χ1v) is 11.7. The first kappa shape index (κ1) is 25.1. The van der Waals surface area contributed by atoms with Crippen LogP contribution in [0.25, 0.3) is 5.76 Å². The molecule has 0 spiro atoms. The molecule has 1 heterocycles. The molecule has 2 N–H and O–H groups in total. The topological polar surface area (TPSA) is 96.3 Å². The van der Waals surface area contributed by atoms with Gasteiger partial charge in [0.25, 0.3) is 11.7 Å². The number of aromatic hydroxyl groups is 1. The molecule has 3 aromatic carbocycles. The van der Waals surface area contributed by atoms with Gasteiger partial charge in [-0.3, -0.25) is 14.5 Å². The Kier molecular flexibility index (Phi) is 6.95. The molecule has 0 saturated carbocycles. The highest BCUT2D eigenvalue weighted by Crippen LogP contribution is 2.44. The summed E-state index contributed by atoms with van der Waals surface area (Å²) in [5.41, 5.74) is 1.79. The fourth-order valence-electron chi connectivity index (χ4n) is 4.26. The summed E-state index contributed by atoms with van der Waals surface area (Å²) < 4.78 is 10.9. The number of anilines is 1. The lowest BCUT2D eigenvalue weighted by molar-refractivity contribution is -0.132. The number of phenolic OH excluding ortho intramolecular Hbond substituents is 1. The number of halogens is 1. The molecule has 1 aliphatic rings. The number of ketones is 1. The second-order valence-corrected chi connectivity index (χ2v) is 9.16. The Morgan fingerprint density at radius 1 is 1.03 bits per heavy atom. The van der Waals surface area contributed by atoms with Crippen molar-refractivity contribution in [2.45, 2.75) is 32.9 Å². The lowest BCUT2D eigenvalue weighted by Gasteiger charge is -2.26. The van der Waals surface area contributed by atoms with E-state index in [1.807, 2.05) is 20.8 Å². The second-order valence-electron chi connectivity index (χ2n) is 8.73. The van der Waals surface area contributed by atoms with Gasteiger partial charge in [-0.2, -0.15) is 0 Å². The minimum Gasteiger partial charge on any atom is -0.507 e. The first-order chi connectivity index (χ1) is 17.1. The number of amides is 1. The van der Waals surface area contributed by atoms with Crippen LogP contribution < -0.4 is 14.4 Å². The third-order valence-electron chi connectivity index (χ3n) is 5.86. The number of benzene rings is 3. The lowest BCUT2D eigenvalue weighted by Crippen LogP contribution is -2.29. The van der Waals surface area contributed by atoms with E-state index in [1.165, 1.54) is 24.1 Å². The zero-order chi connectivity index (χ0) is 26.1. The van der Waals surface area contributed by atoms with Crippen LogP contribution in [0.3, 0.4) is 0 Å². The van der Waals surface area contributed by atoms with E-state index in [0.29, 0.717) is 27.6 Å². The average molecular weight is 508 g/mol. The van der Waals surface area contributed by atoms with E-state index in [-0.39, 0.29) is 28.9 Å². The molecule has 8 heteroatoms. The smallest absolute Gasteiger partial charge is 0.300 e. The standard InChI is InChI=1S/C28H26ClNO6/c1-15(2)36-22-10-9-18(12-16(22)3)26(32)24-25(17-8-11-23(35-4)21(31)13-17)30(28(34)27(24)33)20-7-5-6-19(29)14-20/h5-15,25,31-32H,1-4H3/b26-24-. The van der Waals surface area contributed by atoms with Gasteiger partial charge in [-0.15, -0.1) is 0 Å². The number of hydrogen-bond acceptors (Lipinski definition) is 6. The van der Waals surface area contributed by atoms with Gasteiger partial charge in [0.2, 0.25) is 0 Å². The van der Waals surface area contributed by atoms with Gasteiger partial charge in [-0.05, 0) is 80.4 Å². The Bertz CT molecular complexity index is 1380. The summed E-state index contributed by atoms with van der Waals surface area (Å²) in [5, 5.41) is 22.2. The number of nitrogens with zero attached hydrogens (tertiary/aromatic N) is 1. The van der Waals surface area contributed by atoms with Crippen LogP contribution in [0.2, 0.25) is 5.02 Å². The summed E-state index contributed by atoms with van der Waals surface area (Å²) in [4.78, 5) is 27.9. The third-order valence-corrected chi connectivity index (χ3v) is 6.10. The molecule has 1 fully saturated rings. The van der Waals surface area contributed by atoms with E-state index >= 15 is 0 Å². The van der Waals surface area contributed by atoms with E-state index in [4.69, 9.17) is 21.1 Å². The molecule has 1 aliphatic heterocycles. The quantitative estimate of drug-likeness (QED) is 0.249. The molecule has 0 radical (unpaired) electrons. The van der Waals surface area contributed by atoms with E-state index in [9.17, 15) is 19.8 Å². The number of aryl methyl sites for hydroxylation is 1. The molecule has 186 valence electrons. The van der Waals surface area contributed by atoms with E-state index in [1.54, 1.807) is 48.5 Å². The maximum Gasteiger partial charge on any atom is 0.300 e. The number of ether oxygens (including phenoxy) is 2. The minimum absolute atomic E-state index is 0.0334. The van der Waals surface area contributed by atoms with E-state index < -0.39 is 17.7 Å². The molecule has 7 nitrogen and oxygen atoms in total. The summed E-state index contributed by atoms with van der Waals surface area (Å²) >= 11 is 6.18. The van der Waals surface area contributed by atoms with Gasteiger partial charge in [0.1, 0.15) is 11.5 Å². The SMILES string of the molecule is COc1ccc(C2/C(=C(/O)c3ccc(OC(C)C)c(C)c3)C(=O)C(=O)N2c2cccc(Cl)c2)cc1O. The van der Waals surface area contributed by atoms with Crippen LogP contribution in [0.4, 0.5) is 5.69 Å². The predicted octanol–water partition coefficient (Wildman–Crippen LogP) is 5.78. The van der Waals surface area contributed by atoms with Crippen molar-refractivity contribution in [2.75, 3.05) is 12.0 Å². The van der Waals surface area contributed by atoms with Gasteiger partial charge < -0.3 is 19.7 Å². The molecule has 0 bridgehead atoms. The summed E-state index contributed by atoms with van der Waals surface area (Å²) in [5.74, 6) is -1.30. The number of carbonyl (C=O) groups excluding carboxylic acids is 2. The Balaban J connectivity index is 1.92. The second kappa shape index (κ2) is 9.95. The maximum atomic E-state index is 13.3. The number of rotatable bonds is 6. The molecule has 1 amide bonds. The summed E-state index contributed by atoms with van der Waals surface area (Å²) in [6.07, 6.45) is -0.0334. The van der Waals surface area contributed by atoms with Gasteiger partial charge in [0.05, 0.1) is 24.8 Å². The minimum atomic E-state index is -1.02. The van der Waals surface area contributed by atoms with Crippen LogP contribution in [0.5, 0.6) is 17.2 Å². The molecule has 0 aliphatic carbocycles. The summed E-state index contributed by atoms with van der Waals surface area (Å²) in [7, 11) is 1.42. The third kappa shape index (κ3) is 4.62.